The Morgan fingerprint density at radius 2 is 2.15 bits per heavy atom. The molecule has 1 aromatic carbocycles. The van der Waals surface area contributed by atoms with Crippen molar-refractivity contribution in [3.05, 3.63) is 63.8 Å². The van der Waals surface area contributed by atoms with E-state index in [1.165, 1.54) is 42.3 Å². The van der Waals surface area contributed by atoms with Crippen LogP contribution >= 0.6 is 0 Å². The summed E-state index contributed by atoms with van der Waals surface area (Å²) in [4.78, 5) is 22.2. The molecular formula is C14H12FNO4. The van der Waals surface area contributed by atoms with Gasteiger partial charge in [-0.25, -0.2) is 9.18 Å². The molecule has 0 amide bonds. The molecule has 0 radical (unpaired) electrons. The van der Waals surface area contributed by atoms with Crippen molar-refractivity contribution in [2.75, 3.05) is 7.11 Å². The van der Waals surface area contributed by atoms with Gasteiger partial charge in [-0.3, -0.25) is 4.79 Å². The summed E-state index contributed by atoms with van der Waals surface area (Å²) in [5.74, 6) is -1.64. The van der Waals surface area contributed by atoms with E-state index >= 15 is 0 Å². The van der Waals surface area contributed by atoms with Crippen LogP contribution in [0.3, 0.4) is 0 Å². The number of pyridine rings is 1. The van der Waals surface area contributed by atoms with Crippen LogP contribution in [0, 0.1) is 5.82 Å². The molecule has 6 heteroatoms. The predicted molar refractivity (Wildman–Crippen MR) is 69.7 cm³/mol. The molecule has 20 heavy (non-hydrogen) atoms. The molecule has 1 heterocycles. The first-order chi connectivity index (χ1) is 9.51. The molecule has 2 aromatic rings. The maximum atomic E-state index is 13.5. The Hall–Kier alpha value is -2.63. The molecule has 0 aliphatic carbocycles. The van der Waals surface area contributed by atoms with Crippen LogP contribution in [0.4, 0.5) is 4.39 Å². The molecule has 5 nitrogen and oxygen atoms in total. The molecule has 0 atom stereocenters. The second-order valence-corrected chi connectivity index (χ2v) is 4.17. The highest BCUT2D eigenvalue weighted by Crippen LogP contribution is 2.18. The van der Waals surface area contributed by atoms with Crippen molar-refractivity contribution in [1.29, 1.82) is 0 Å². The van der Waals surface area contributed by atoms with Gasteiger partial charge in [0.05, 0.1) is 7.11 Å². The fourth-order valence-electron chi connectivity index (χ4n) is 1.80. The Morgan fingerprint density at radius 1 is 1.40 bits per heavy atom. The first-order valence-electron chi connectivity index (χ1n) is 5.77. The lowest BCUT2D eigenvalue weighted by Gasteiger charge is -2.09. The number of halogens is 1. The van der Waals surface area contributed by atoms with Crippen molar-refractivity contribution in [2.24, 2.45) is 0 Å². The number of benzene rings is 1. The average molecular weight is 277 g/mol. The Morgan fingerprint density at radius 3 is 2.75 bits per heavy atom. The average Bonchev–Trinajstić information content (AvgIpc) is 2.41. The number of aromatic carboxylic acids is 1. The van der Waals surface area contributed by atoms with E-state index in [-0.39, 0.29) is 17.9 Å². The van der Waals surface area contributed by atoms with Crippen molar-refractivity contribution in [2.45, 2.75) is 6.54 Å². The third kappa shape index (κ3) is 2.85. The molecule has 0 fully saturated rings. The van der Waals surface area contributed by atoms with Gasteiger partial charge in [0, 0.05) is 25.0 Å². The predicted octanol–water partition coefficient (Wildman–Crippen LogP) is 1.74. The lowest BCUT2D eigenvalue weighted by Crippen LogP contribution is -2.16. The molecule has 0 unspecified atom stereocenters. The fraction of sp³-hybridized carbons (Fsp3) is 0.143. The van der Waals surface area contributed by atoms with E-state index in [2.05, 4.69) is 0 Å². The van der Waals surface area contributed by atoms with Crippen LogP contribution in [-0.4, -0.2) is 22.8 Å². The topological polar surface area (TPSA) is 68.5 Å². The first-order valence-corrected chi connectivity index (χ1v) is 5.77. The molecule has 0 aliphatic rings. The SMILES string of the molecule is COc1ccc(Cn2ccc(=O)c(C(=O)O)c2)cc1F. The normalized spacial score (nSPS) is 10.3. The number of methoxy groups -OCH3 is 1. The molecule has 0 aliphatic heterocycles. The highest BCUT2D eigenvalue weighted by atomic mass is 19.1. The van der Waals surface area contributed by atoms with Crippen LogP contribution in [0.1, 0.15) is 15.9 Å². The second-order valence-electron chi connectivity index (χ2n) is 4.17. The third-order valence-electron chi connectivity index (χ3n) is 2.79. The monoisotopic (exact) mass is 277 g/mol. The highest BCUT2D eigenvalue weighted by Gasteiger charge is 2.09. The number of ether oxygens (including phenoxy) is 1. The van der Waals surface area contributed by atoms with Gasteiger partial charge in [-0.05, 0) is 17.7 Å². The van der Waals surface area contributed by atoms with Gasteiger partial charge >= 0.3 is 5.97 Å². The van der Waals surface area contributed by atoms with Gasteiger partial charge in [-0.2, -0.15) is 0 Å². The minimum absolute atomic E-state index is 0.139. The summed E-state index contributed by atoms with van der Waals surface area (Å²) >= 11 is 0. The molecule has 1 N–H and O–H groups in total. The van der Waals surface area contributed by atoms with E-state index in [0.717, 1.165) is 0 Å². The number of rotatable bonds is 4. The summed E-state index contributed by atoms with van der Waals surface area (Å²) < 4.78 is 19.9. The third-order valence-corrected chi connectivity index (χ3v) is 2.79. The summed E-state index contributed by atoms with van der Waals surface area (Å²) in [6, 6.07) is 5.63. The lowest BCUT2D eigenvalue weighted by atomic mass is 10.2. The number of hydrogen-bond acceptors (Lipinski definition) is 3. The van der Waals surface area contributed by atoms with Crippen LogP contribution < -0.4 is 10.2 Å². The molecule has 2 rings (SSSR count). The number of nitrogens with zero attached hydrogens (tertiary/aromatic N) is 1. The van der Waals surface area contributed by atoms with Gasteiger partial charge in [0.1, 0.15) is 5.56 Å². The van der Waals surface area contributed by atoms with Crippen molar-refractivity contribution in [3.63, 3.8) is 0 Å². The summed E-state index contributed by atoms with van der Waals surface area (Å²) in [6.45, 7) is 0.251. The smallest absolute Gasteiger partial charge is 0.341 e. The zero-order valence-corrected chi connectivity index (χ0v) is 10.7. The Balaban J connectivity index is 2.30. The lowest BCUT2D eigenvalue weighted by molar-refractivity contribution is 0.0694. The molecular weight excluding hydrogens is 265 g/mol. The summed E-state index contributed by atoms with van der Waals surface area (Å²) in [5.41, 5.74) is -0.251. The van der Waals surface area contributed by atoms with Gasteiger partial charge in [-0.1, -0.05) is 6.07 Å². The van der Waals surface area contributed by atoms with E-state index in [4.69, 9.17) is 9.84 Å². The van der Waals surface area contributed by atoms with Crippen molar-refractivity contribution in [1.82, 2.24) is 4.57 Å². The van der Waals surface area contributed by atoms with E-state index in [1.807, 2.05) is 0 Å². The number of hydrogen-bond donors (Lipinski definition) is 1. The molecule has 1 aromatic heterocycles. The van der Waals surface area contributed by atoms with E-state index in [9.17, 15) is 14.0 Å². The van der Waals surface area contributed by atoms with Crippen molar-refractivity contribution in [3.8, 4) is 5.75 Å². The maximum absolute atomic E-state index is 13.5. The van der Waals surface area contributed by atoms with Gasteiger partial charge in [-0.15, -0.1) is 0 Å². The van der Waals surface area contributed by atoms with E-state index < -0.39 is 17.2 Å². The molecule has 0 saturated carbocycles. The van der Waals surface area contributed by atoms with Crippen LogP contribution in [0.5, 0.6) is 5.75 Å². The second kappa shape index (κ2) is 5.56. The summed E-state index contributed by atoms with van der Waals surface area (Å²) in [7, 11) is 1.37. The maximum Gasteiger partial charge on any atom is 0.341 e. The highest BCUT2D eigenvalue weighted by molar-refractivity contribution is 5.86. The number of carboxylic acid groups (broad SMARTS) is 1. The molecule has 0 bridgehead atoms. The van der Waals surface area contributed by atoms with E-state index in [1.54, 1.807) is 6.07 Å². The number of carbonyl (C=O) groups is 1. The standard InChI is InChI=1S/C14H12FNO4/c1-20-13-3-2-9(6-11(13)15)7-16-5-4-12(17)10(8-16)14(18)19/h2-6,8H,7H2,1H3,(H,18,19). The minimum Gasteiger partial charge on any atom is -0.494 e. The zero-order chi connectivity index (χ0) is 14.7. The van der Waals surface area contributed by atoms with Gasteiger partial charge in [0.2, 0.25) is 0 Å². The largest absolute Gasteiger partial charge is 0.494 e. The molecule has 0 saturated heterocycles. The number of aromatic nitrogens is 1. The summed E-state index contributed by atoms with van der Waals surface area (Å²) in [5, 5.41) is 8.88. The molecule has 104 valence electrons. The van der Waals surface area contributed by atoms with Crippen LogP contribution in [0.15, 0.2) is 41.5 Å². The fourth-order valence-corrected chi connectivity index (χ4v) is 1.80. The quantitative estimate of drug-likeness (QED) is 0.924. The molecule has 0 spiro atoms. The minimum atomic E-state index is -1.29. The Bertz CT molecular complexity index is 709. The zero-order valence-electron chi connectivity index (χ0n) is 10.7. The van der Waals surface area contributed by atoms with Crippen LogP contribution in [0.2, 0.25) is 0 Å². The number of carboxylic acids is 1. The van der Waals surface area contributed by atoms with Gasteiger partial charge in [0.25, 0.3) is 0 Å². The Kier molecular flexibility index (Phi) is 3.84. The Labute approximate surface area is 113 Å². The van der Waals surface area contributed by atoms with Gasteiger partial charge in [0.15, 0.2) is 17.0 Å². The summed E-state index contributed by atoms with van der Waals surface area (Å²) in [6.07, 6.45) is 2.68. The van der Waals surface area contributed by atoms with Crippen molar-refractivity contribution >= 4 is 5.97 Å². The first kappa shape index (κ1) is 13.8. The van der Waals surface area contributed by atoms with Crippen molar-refractivity contribution < 1.29 is 19.0 Å². The van der Waals surface area contributed by atoms with Crippen LogP contribution in [0.25, 0.3) is 0 Å². The van der Waals surface area contributed by atoms with Gasteiger partial charge < -0.3 is 14.4 Å². The van der Waals surface area contributed by atoms with E-state index in [0.29, 0.717) is 5.56 Å². The van der Waals surface area contributed by atoms with Crippen LogP contribution in [-0.2, 0) is 6.54 Å².